The normalized spacial score (nSPS) is 12.9. The topological polar surface area (TPSA) is 92.7 Å². The zero-order chi connectivity index (χ0) is 35.2. The molecule has 0 aromatic rings. The molecule has 0 aromatic carbocycles. The summed E-state index contributed by atoms with van der Waals surface area (Å²) in [4.78, 5) is 34.8. The number of allylic oxidation sites excluding steroid dienone is 11. The zero-order valence-corrected chi connectivity index (χ0v) is 30.6. The van der Waals surface area contributed by atoms with E-state index in [9.17, 15) is 14.4 Å². The second-order valence-corrected chi connectivity index (χ2v) is 12.4. The van der Waals surface area contributed by atoms with E-state index >= 15 is 0 Å². The highest BCUT2D eigenvalue weighted by molar-refractivity contribution is 5.80. The lowest BCUT2D eigenvalue weighted by atomic mass is 10.1. The van der Waals surface area contributed by atoms with Crippen LogP contribution in [0.15, 0.2) is 72.9 Å². The Labute approximate surface area is 294 Å². The van der Waals surface area contributed by atoms with Crippen LogP contribution < -0.4 is 5.32 Å². The third kappa shape index (κ3) is 35.7. The summed E-state index contributed by atoms with van der Waals surface area (Å²) in [6.07, 6.45) is 49.0. The van der Waals surface area contributed by atoms with E-state index in [1.54, 1.807) is 0 Å². The third-order valence-corrected chi connectivity index (χ3v) is 7.86. The van der Waals surface area contributed by atoms with Gasteiger partial charge in [-0.2, -0.15) is 0 Å². The SMILES string of the molecule is CC/C=C\C/C=C\C/C=C\CCCCCCCCCC(=O)OC(/C=C\C/C=C\C/C=C\CC)CCCCCCCCC(=O)NCC(=O)O. The third-order valence-electron chi connectivity index (χ3n) is 7.86. The van der Waals surface area contributed by atoms with Crippen LogP contribution in [-0.2, 0) is 19.1 Å². The fourth-order valence-electron chi connectivity index (χ4n) is 5.11. The maximum atomic E-state index is 12.6. The fraction of sp³-hybridized carbons (Fsp3) is 0.643. The van der Waals surface area contributed by atoms with Gasteiger partial charge < -0.3 is 15.2 Å². The van der Waals surface area contributed by atoms with Crippen molar-refractivity contribution < 1.29 is 24.2 Å². The van der Waals surface area contributed by atoms with Crippen molar-refractivity contribution in [3.8, 4) is 0 Å². The maximum Gasteiger partial charge on any atom is 0.322 e. The van der Waals surface area contributed by atoms with Gasteiger partial charge in [0.25, 0.3) is 0 Å². The van der Waals surface area contributed by atoms with E-state index < -0.39 is 5.97 Å². The zero-order valence-electron chi connectivity index (χ0n) is 30.6. The van der Waals surface area contributed by atoms with E-state index in [0.29, 0.717) is 12.8 Å². The molecule has 0 saturated heterocycles. The highest BCUT2D eigenvalue weighted by Crippen LogP contribution is 2.15. The van der Waals surface area contributed by atoms with E-state index in [-0.39, 0.29) is 24.5 Å². The summed E-state index contributed by atoms with van der Waals surface area (Å²) in [5.41, 5.74) is 0. The monoisotopic (exact) mass is 668 g/mol. The molecule has 0 fully saturated rings. The van der Waals surface area contributed by atoms with Gasteiger partial charge in [0.15, 0.2) is 0 Å². The molecule has 6 heteroatoms. The number of carbonyl (C=O) groups is 3. The van der Waals surface area contributed by atoms with Crippen molar-refractivity contribution in [2.75, 3.05) is 6.54 Å². The molecule has 0 aromatic heterocycles. The lowest BCUT2D eigenvalue weighted by Gasteiger charge is -2.14. The number of unbranched alkanes of at least 4 members (excludes halogenated alkanes) is 12. The van der Waals surface area contributed by atoms with E-state index in [4.69, 9.17) is 9.84 Å². The Morgan fingerprint density at radius 1 is 0.562 bits per heavy atom. The molecule has 0 saturated carbocycles. The van der Waals surface area contributed by atoms with Gasteiger partial charge in [0.2, 0.25) is 5.91 Å². The van der Waals surface area contributed by atoms with Gasteiger partial charge in [-0.3, -0.25) is 14.4 Å². The number of carboxylic acid groups (broad SMARTS) is 1. The van der Waals surface area contributed by atoms with Crippen molar-refractivity contribution in [3.05, 3.63) is 72.9 Å². The van der Waals surface area contributed by atoms with Crippen LogP contribution >= 0.6 is 0 Å². The Bertz CT molecular complexity index is 959. The van der Waals surface area contributed by atoms with Gasteiger partial charge in [0.1, 0.15) is 12.6 Å². The Morgan fingerprint density at radius 2 is 1.02 bits per heavy atom. The first-order valence-corrected chi connectivity index (χ1v) is 19.1. The summed E-state index contributed by atoms with van der Waals surface area (Å²) in [6, 6.07) is 0. The quantitative estimate of drug-likeness (QED) is 0.0413. The number of nitrogens with one attached hydrogen (secondary N) is 1. The Hall–Kier alpha value is -3.15. The van der Waals surface area contributed by atoms with Gasteiger partial charge in [-0.05, 0) is 83.1 Å². The highest BCUT2D eigenvalue weighted by atomic mass is 16.5. The molecule has 0 spiro atoms. The summed E-state index contributed by atoms with van der Waals surface area (Å²) in [5, 5.41) is 11.0. The van der Waals surface area contributed by atoms with Crippen molar-refractivity contribution in [2.45, 2.75) is 168 Å². The van der Waals surface area contributed by atoms with Crippen LogP contribution in [-0.4, -0.2) is 35.6 Å². The minimum atomic E-state index is -1.02. The number of aliphatic carboxylic acids is 1. The molecule has 1 atom stereocenters. The molecule has 0 rings (SSSR count). The molecule has 0 heterocycles. The van der Waals surface area contributed by atoms with Crippen LogP contribution in [0, 0.1) is 0 Å². The second kappa shape index (κ2) is 36.7. The molecule has 0 aliphatic heterocycles. The Balaban J connectivity index is 4.19. The van der Waals surface area contributed by atoms with Crippen LogP contribution in [0.3, 0.4) is 0 Å². The summed E-state index contributed by atoms with van der Waals surface area (Å²) < 4.78 is 5.89. The average molecular weight is 668 g/mol. The summed E-state index contributed by atoms with van der Waals surface area (Å²) in [5.74, 6) is -1.32. The first-order valence-electron chi connectivity index (χ1n) is 19.1. The minimum absolute atomic E-state index is 0.0925. The molecule has 2 N–H and O–H groups in total. The van der Waals surface area contributed by atoms with E-state index in [0.717, 1.165) is 103 Å². The molecule has 6 nitrogen and oxygen atoms in total. The van der Waals surface area contributed by atoms with Crippen LogP contribution in [0.4, 0.5) is 0 Å². The number of carboxylic acids is 1. The van der Waals surface area contributed by atoms with Gasteiger partial charge in [-0.1, -0.05) is 138 Å². The number of ether oxygens (including phenoxy) is 1. The number of esters is 1. The molecule has 0 bridgehead atoms. The van der Waals surface area contributed by atoms with Gasteiger partial charge >= 0.3 is 11.9 Å². The smallest absolute Gasteiger partial charge is 0.322 e. The first kappa shape index (κ1) is 44.9. The van der Waals surface area contributed by atoms with Crippen LogP contribution in [0.1, 0.15) is 162 Å². The highest BCUT2D eigenvalue weighted by Gasteiger charge is 2.11. The number of hydrogen-bond acceptors (Lipinski definition) is 4. The molecule has 0 aliphatic carbocycles. The number of carbonyl (C=O) groups excluding carboxylic acids is 2. The average Bonchev–Trinajstić information content (AvgIpc) is 3.07. The van der Waals surface area contributed by atoms with Crippen LogP contribution in [0.5, 0.6) is 0 Å². The summed E-state index contributed by atoms with van der Waals surface area (Å²) in [7, 11) is 0. The lowest BCUT2D eigenvalue weighted by Crippen LogP contribution is -2.28. The molecular weight excluding hydrogens is 598 g/mol. The van der Waals surface area contributed by atoms with Crippen molar-refractivity contribution in [3.63, 3.8) is 0 Å². The van der Waals surface area contributed by atoms with Crippen LogP contribution in [0.25, 0.3) is 0 Å². The fourth-order valence-corrected chi connectivity index (χ4v) is 5.11. The molecule has 0 radical (unpaired) electrons. The standard InChI is InChI=1S/C42H69NO5/c1-3-5-7-9-11-13-14-15-16-17-18-19-20-21-23-29-33-37-42(47)48-39(34-30-26-22-12-10-8-6-4-2)35-31-27-24-25-28-32-36-40(44)43-38-41(45)46/h5-8,11-13,15-16,22,30,34,39H,3-4,9-10,14,17-21,23-29,31-33,35-38H2,1-2H3,(H,43,44)(H,45,46)/b7-5-,8-6-,13-11-,16-15-,22-12-,34-30-. The van der Waals surface area contributed by atoms with Crippen molar-refractivity contribution in [1.29, 1.82) is 0 Å². The van der Waals surface area contributed by atoms with Gasteiger partial charge in [0.05, 0.1) is 0 Å². The molecule has 0 aliphatic rings. The predicted octanol–water partition coefficient (Wildman–Crippen LogP) is 11.4. The lowest BCUT2D eigenvalue weighted by molar-refractivity contribution is -0.147. The van der Waals surface area contributed by atoms with Gasteiger partial charge in [-0.15, -0.1) is 0 Å². The number of hydrogen-bond donors (Lipinski definition) is 2. The van der Waals surface area contributed by atoms with E-state index in [1.165, 1.54) is 32.1 Å². The van der Waals surface area contributed by atoms with Crippen molar-refractivity contribution >= 4 is 17.8 Å². The number of amides is 1. The molecular formula is C42H69NO5. The maximum absolute atomic E-state index is 12.6. The summed E-state index contributed by atoms with van der Waals surface area (Å²) >= 11 is 0. The first-order chi connectivity index (χ1) is 23.5. The number of rotatable bonds is 33. The van der Waals surface area contributed by atoms with E-state index in [2.05, 4.69) is 92.1 Å². The largest absolute Gasteiger partial charge is 0.480 e. The molecule has 1 amide bonds. The van der Waals surface area contributed by atoms with Crippen molar-refractivity contribution in [1.82, 2.24) is 5.32 Å². The van der Waals surface area contributed by atoms with Crippen LogP contribution in [0.2, 0.25) is 0 Å². The predicted molar refractivity (Wildman–Crippen MR) is 203 cm³/mol. The van der Waals surface area contributed by atoms with Gasteiger partial charge in [0, 0.05) is 12.8 Å². The molecule has 272 valence electrons. The Morgan fingerprint density at radius 3 is 1.58 bits per heavy atom. The summed E-state index contributed by atoms with van der Waals surface area (Å²) in [6.45, 7) is 3.97. The van der Waals surface area contributed by atoms with E-state index in [1.807, 2.05) is 0 Å². The Kier molecular flexibility index (Phi) is 34.3. The van der Waals surface area contributed by atoms with Gasteiger partial charge in [-0.25, -0.2) is 0 Å². The van der Waals surface area contributed by atoms with Crippen molar-refractivity contribution in [2.24, 2.45) is 0 Å². The minimum Gasteiger partial charge on any atom is -0.480 e. The molecule has 1 unspecified atom stereocenters. The second-order valence-electron chi connectivity index (χ2n) is 12.4. The molecule has 48 heavy (non-hydrogen) atoms.